The Hall–Kier alpha value is -1.76. The molecule has 0 fully saturated rings. The predicted octanol–water partition coefficient (Wildman–Crippen LogP) is 2.50. The molecule has 4 heteroatoms. The SMILES string of the molecule is CCCNc1cccc(N(C)CC(C)C#N)n1. The van der Waals surface area contributed by atoms with Gasteiger partial charge in [-0.1, -0.05) is 13.0 Å². The van der Waals surface area contributed by atoms with Gasteiger partial charge in [0.2, 0.25) is 0 Å². The van der Waals surface area contributed by atoms with Gasteiger partial charge in [0.1, 0.15) is 11.6 Å². The normalized spacial score (nSPS) is 11.6. The zero-order valence-corrected chi connectivity index (χ0v) is 10.8. The maximum absolute atomic E-state index is 8.79. The van der Waals surface area contributed by atoms with Crippen LogP contribution >= 0.6 is 0 Å². The molecule has 0 aliphatic heterocycles. The van der Waals surface area contributed by atoms with E-state index in [2.05, 4.69) is 23.3 Å². The average molecular weight is 232 g/mol. The van der Waals surface area contributed by atoms with E-state index in [-0.39, 0.29) is 5.92 Å². The van der Waals surface area contributed by atoms with Crippen molar-refractivity contribution >= 4 is 11.6 Å². The quantitative estimate of drug-likeness (QED) is 0.818. The fourth-order valence-electron chi connectivity index (χ4n) is 1.53. The number of hydrogen-bond donors (Lipinski definition) is 1. The Morgan fingerprint density at radius 3 is 2.94 bits per heavy atom. The Morgan fingerprint density at radius 1 is 1.53 bits per heavy atom. The van der Waals surface area contributed by atoms with Crippen LogP contribution in [0.2, 0.25) is 0 Å². The van der Waals surface area contributed by atoms with Crippen molar-refractivity contribution in [3.8, 4) is 6.07 Å². The van der Waals surface area contributed by atoms with E-state index in [1.54, 1.807) is 0 Å². The molecule has 0 aromatic carbocycles. The van der Waals surface area contributed by atoms with Gasteiger partial charge in [0.15, 0.2) is 0 Å². The number of nitrogens with zero attached hydrogens (tertiary/aromatic N) is 3. The van der Waals surface area contributed by atoms with Crippen LogP contribution in [0.4, 0.5) is 11.6 Å². The van der Waals surface area contributed by atoms with Gasteiger partial charge in [-0.25, -0.2) is 4.98 Å². The second-order valence-electron chi connectivity index (χ2n) is 4.22. The molecule has 0 aliphatic carbocycles. The predicted molar refractivity (Wildman–Crippen MR) is 71.1 cm³/mol. The summed E-state index contributed by atoms with van der Waals surface area (Å²) in [5.41, 5.74) is 0. The lowest BCUT2D eigenvalue weighted by Crippen LogP contribution is -2.24. The summed E-state index contributed by atoms with van der Waals surface area (Å²) in [5.74, 6) is 1.79. The molecule has 0 radical (unpaired) electrons. The number of nitrogens with one attached hydrogen (secondary N) is 1. The van der Waals surface area contributed by atoms with Crippen molar-refractivity contribution in [2.75, 3.05) is 30.4 Å². The molecule has 1 rings (SSSR count). The van der Waals surface area contributed by atoms with Crippen molar-refractivity contribution in [2.45, 2.75) is 20.3 Å². The lowest BCUT2D eigenvalue weighted by Gasteiger charge is -2.19. The number of hydrogen-bond acceptors (Lipinski definition) is 4. The smallest absolute Gasteiger partial charge is 0.130 e. The minimum Gasteiger partial charge on any atom is -0.370 e. The Morgan fingerprint density at radius 2 is 2.29 bits per heavy atom. The van der Waals surface area contributed by atoms with E-state index in [9.17, 15) is 0 Å². The van der Waals surface area contributed by atoms with Crippen molar-refractivity contribution in [3.05, 3.63) is 18.2 Å². The number of anilines is 2. The van der Waals surface area contributed by atoms with Gasteiger partial charge in [0.05, 0.1) is 12.0 Å². The van der Waals surface area contributed by atoms with Crippen LogP contribution in [0.3, 0.4) is 0 Å². The van der Waals surface area contributed by atoms with Gasteiger partial charge in [-0.15, -0.1) is 0 Å². The lowest BCUT2D eigenvalue weighted by molar-refractivity contribution is 0.710. The molecule has 4 nitrogen and oxygen atoms in total. The number of nitriles is 1. The highest BCUT2D eigenvalue weighted by molar-refractivity contribution is 5.46. The van der Waals surface area contributed by atoms with Crippen molar-refractivity contribution in [1.29, 1.82) is 5.26 Å². The summed E-state index contributed by atoms with van der Waals surface area (Å²) >= 11 is 0. The fraction of sp³-hybridized carbons (Fsp3) is 0.538. The van der Waals surface area contributed by atoms with Crippen molar-refractivity contribution < 1.29 is 0 Å². The minimum absolute atomic E-state index is 0.00839. The van der Waals surface area contributed by atoms with E-state index in [1.807, 2.05) is 37.1 Å². The van der Waals surface area contributed by atoms with Crippen LogP contribution in [0.15, 0.2) is 18.2 Å². The Balaban J connectivity index is 2.67. The Kier molecular flexibility index (Phi) is 5.28. The van der Waals surface area contributed by atoms with Crippen molar-refractivity contribution in [1.82, 2.24) is 4.98 Å². The molecule has 0 amide bonds. The van der Waals surface area contributed by atoms with Crippen LogP contribution in [0, 0.1) is 17.2 Å². The molecule has 1 atom stereocenters. The second kappa shape index (κ2) is 6.74. The number of pyridine rings is 1. The summed E-state index contributed by atoms with van der Waals surface area (Å²) in [6, 6.07) is 8.13. The van der Waals surface area contributed by atoms with Crippen molar-refractivity contribution in [3.63, 3.8) is 0 Å². The third-order valence-corrected chi connectivity index (χ3v) is 2.45. The minimum atomic E-state index is 0.00839. The molecular formula is C13H20N4. The summed E-state index contributed by atoms with van der Waals surface area (Å²) in [4.78, 5) is 6.51. The molecule has 0 saturated heterocycles. The molecule has 1 aromatic rings. The third-order valence-electron chi connectivity index (χ3n) is 2.45. The van der Waals surface area contributed by atoms with Gasteiger partial charge in [0.25, 0.3) is 0 Å². The Labute approximate surface area is 103 Å². The van der Waals surface area contributed by atoms with E-state index in [1.165, 1.54) is 0 Å². The van der Waals surface area contributed by atoms with Gasteiger partial charge >= 0.3 is 0 Å². The average Bonchev–Trinajstić information content (AvgIpc) is 2.36. The molecule has 1 N–H and O–H groups in total. The van der Waals surface area contributed by atoms with Crippen LogP contribution in [-0.4, -0.2) is 25.1 Å². The molecule has 1 heterocycles. The third kappa shape index (κ3) is 4.31. The molecule has 92 valence electrons. The van der Waals surface area contributed by atoms with E-state index >= 15 is 0 Å². The van der Waals surface area contributed by atoms with Gasteiger partial charge in [-0.2, -0.15) is 5.26 Å². The molecule has 0 aliphatic rings. The zero-order valence-electron chi connectivity index (χ0n) is 10.8. The summed E-state index contributed by atoms with van der Waals surface area (Å²) in [7, 11) is 1.96. The number of aromatic nitrogens is 1. The van der Waals surface area contributed by atoms with Gasteiger partial charge < -0.3 is 10.2 Å². The first-order valence-corrected chi connectivity index (χ1v) is 5.99. The van der Waals surface area contributed by atoms with E-state index in [0.29, 0.717) is 6.54 Å². The van der Waals surface area contributed by atoms with Gasteiger partial charge in [-0.3, -0.25) is 0 Å². The monoisotopic (exact) mass is 232 g/mol. The molecule has 0 bridgehead atoms. The number of rotatable bonds is 6. The van der Waals surface area contributed by atoms with Crippen molar-refractivity contribution in [2.24, 2.45) is 5.92 Å². The summed E-state index contributed by atoms with van der Waals surface area (Å²) in [6.07, 6.45) is 1.08. The van der Waals surface area contributed by atoms with Crippen LogP contribution in [0.1, 0.15) is 20.3 Å². The maximum atomic E-state index is 8.79. The summed E-state index contributed by atoms with van der Waals surface area (Å²) in [5, 5.41) is 12.0. The zero-order chi connectivity index (χ0) is 12.7. The fourth-order valence-corrected chi connectivity index (χ4v) is 1.53. The van der Waals surface area contributed by atoms with Gasteiger partial charge in [0, 0.05) is 20.1 Å². The molecule has 17 heavy (non-hydrogen) atoms. The molecule has 0 saturated carbocycles. The first-order chi connectivity index (χ1) is 8.17. The molecule has 0 spiro atoms. The molecular weight excluding hydrogens is 212 g/mol. The second-order valence-corrected chi connectivity index (χ2v) is 4.22. The van der Waals surface area contributed by atoms with Crippen LogP contribution in [-0.2, 0) is 0 Å². The standard InChI is InChI=1S/C13H20N4/c1-4-8-15-12-6-5-7-13(16-12)17(3)10-11(2)9-14/h5-7,11H,4,8,10H2,1-3H3,(H,15,16). The van der Waals surface area contributed by atoms with Gasteiger partial charge in [-0.05, 0) is 25.5 Å². The largest absolute Gasteiger partial charge is 0.370 e. The summed E-state index contributed by atoms with van der Waals surface area (Å²) < 4.78 is 0. The highest BCUT2D eigenvalue weighted by atomic mass is 15.2. The van der Waals surface area contributed by atoms with E-state index in [4.69, 9.17) is 5.26 Å². The van der Waals surface area contributed by atoms with Crippen LogP contribution in [0.5, 0.6) is 0 Å². The first-order valence-electron chi connectivity index (χ1n) is 5.99. The van der Waals surface area contributed by atoms with Crippen LogP contribution < -0.4 is 10.2 Å². The van der Waals surface area contributed by atoms with E-state index < -0.39 is 0 Å². The summed E-state index contributed by atoms with van der Waals surface area (Å²) in [6.45, 7) is 5.66. The van der Waals surface area contributed by atoms with Crippen LogP contribution in [0.25, 0.3) is 0 Å². The van der Waals surface area contributed by atoms with E-state index in [0.717, 1.165) is 24.6 Å². The molecule has 1 aromatic heterocycles. The highest BCUT2D eigenvalue weighted by Gasteiger charge is 2.07. The first kappa shape index (κ1) is 13.3. The molecule has 1 unspecified atom stereocenters. The Bertz CT molecular complexity index is 383. The maximum Gasteiger partial charge on any atom is 0.130 e. The topological polar surface area (TPSA) is 52.0 Å². The highest BCUT2D eigenvalue weighted by Crippen LogP contribution is 2.14. The lowest BCUT2D eigenvalue weighted by atomic mass is 10.2.